The first kappa shape index (κ1) is 20.2. The molecular weight excluding hydrogens is 390 g/mol. The van der Waals surface area contributed by atoms with E-state index in [1.165, 1.54) is 29.6 Å². The number of methoxy groups -OCH3 is 1. The Kier molecular flexibility index (Phi) is 5.95. The summed E-state index contributed by atoms with van der Waals surface area (Å²) in [5.41, 5.74) is -0.525. The molecule has 28 heavy (non-hydrogen) atoms. The van der Waals surface area contributed by atoms with E-state index in [0.29, 0.717) is 18.6 Å². The van der Waals surface area contributed by atoms with Gasteiger partial charge in [0.1, 0.15) is 23.1 Å². The molecule has 0 unspecified atom stereocenters. The van der Waals surface area contributed by atoms with Crippen LogP contribution in [0.25, 0.3) is 0 Å². The molecule has 1 amide bonds. The van der Waals surface area contributed by atoms with Crippen molar-refractivity contribution in [1.82, 2.24) is 4.31 Å². The van der Waals surface area contributed by atoms with Crippen LogP contribution in [-0.2, 0) is 14.8 Å². The van der Waals surface area contributed by atoms with Crippen LogP contribution in [0, 0.1) is 17.6 Å². The molecule has 0 saturated carbocycles. The number of piperidine rings is 1. The standard InChI is InChI=1S/C19H20F2N2O4S/c1-27-14-7-9-15(10-8-14)28(25,26)23-11-3-4-13(12-23)19(24)22-18-16(20)5-2-6-17(18)21/h2,5-10,13H,3-4,11-12H2,1H3,(H,22,24)/t13-/m1/s1. The van der Waals surface area contributed by atoms with Gasteiger partial charge in [-0.05, 0) is 49.2 Å². The molecule has 0 radical (unpaired) electrons. The van der Waals surface area contributed by atoms with Crippen LogP contribution >= 0.6 is 0 Å². The highest BCUT2D eigenvalue weighted by Crippen LogP contribution is 2.27. The number of sulfonamides is 1. The number of ether oxygens (including phenoxy) is 1. The van der Waals surface area contributed by atoms with Gasteiger partial charge in [0, 0.05) is 13.1 Å². The highest BCUT2D eigenvalue weighted by Gasteiger charge is 2.33. The Balaban J connectivity index is 1.75. The average molecular weight is 410 g/mol. The van der Waals surface area contributed by atoms with Crippen molar-refractivity contribution in [2.75, 3.05) is 25.5 Å². The van der Waals surface area contributed by atoms with E-state index in [1.807, 2.05) is 0 Å². The van der Waals surface area contributed by atoms with Crippen molar-refractivity contribution in [3.8, 4) is 5.75 Å². The number of hydrogen-bond donors (Lipinski definition) is 1. The van der Waals surface area contributed by atoms with E-state index in [9.17, 15) is 22.0 Å². The van der Waals surface area contributed by atoms with Gasteiger partial charge < -0.3 is 10.1 Å². The summed E-state index contributed by atoms with van der Waals surface area (Å²) in [6, 6.07) is 9.24. The number of amides is 1. The summed E-state index contributed by atoms with van der Waals surface area (Å²) in [6.07, 6.45) is 0.893. The Morgan fingerprint density at radius 3 is 2.39 bits per heavy atom. The fourth-order valence-corrected chi connectivity index (χ4v) is 4.64. The van der Waals surface area contributed by atoms with Gasteiger partial charge in [-0.25, -0.2) is 17.2 Å². The Morgan fingerprint density at radius 1 is 1.14 bits per heavy atom. The number of carbonyl (C=O) groups excluding carboxylic acids is 1. The smallest absolute Gasteiger partial charge is 0.243 e. The van der Waals surface area contributed by atoms with Gasteiger partial charge in [-0.15, -0.1) is 0 Å². The Hall–Kier alpha value is -2.52. The minimum atomic E-state index is -3.79. The van der Waals surface area contributed by atoms with Crippen molar-refractivity contribution in [2.24, 2.45) is 5.92 Å². The lowest BCUT2D eigenvalue weighted by Gasteiger charge is -2.31. The van der Waals surface area contributed by atoms with Crippen LogP contribution in [0.15, 0.2) is 47.4 Å². The lowest BCUT2D eigenvalue weighted by Crippen LogP contribution is -2.43. The van der Waals surface area contributed by atoms with Crippen LogP contribution in [0.4, 0.5) is 14.5 Å². The third-order valence-electron chi connectivity index (χ3n) is 4.66. The summed E-state index contributed by atoms with van der Waals surface area (Å²) in [5.74, 6) is -2.56. The van der Waals surface area contributed by atoms with Crippen LogP contribution in [0.2, 0.25) is 0 Å². The van der Waals surface area contributed by atoms with E-state index in [4.69, 9.17) is 4.74 Å². The maximum atomic E-state index is 13.8. The van der Waals surface area contributed by atoms with E-state index in [1.54, 1.807) is 12.1 Å². The Labute approximate surface area is 162 Å². The van der Waals surface area contributed by atoms with E-state index in [2.05, 4.69) is 5.32 Å². The molecule has 2 aromatic carbocycles. The van der Waals surface area contributed by atoms with Crippen LogP contribution in [-0.4, -0.2) is 38.8 Å². The number of halogens is 2. The molecule has 1 aliphatic rings. The maximum absolute atomic E-state index is 13.8. The Morgan fingerprint density at radius 2 is 1.79 bits per heavy atom. The first-order valence-electron chi connectivity index (χ1n) is 8.72. The molecule has 3 rings (SSSR count). The van der Waals surface area contributed by atoms with E-state index in [-0.39, 0.29) is 18.0 Å². The number of nitrogens with one attached hydrogen (secondary N) is 1. The summed E-state index contributed by atoms with van der Waals surface area (Å²) < 4.78 is 59.5. The molecule has 1 atom stereocenters. The highest BCUT2D eigenvalue weighted by atomic mass is 32.2. The van der Waals surface area contributed by atoms with Crippen molar-refractivity contribution in [3.05, 3.63) is 54.1 Å². The Bertz CT molecular complexity index is 944. The minimum Gasteiger partial charge on any atom is -0.497 e. The molecule has 0 bridgehead atoms. The van der Waals surface area contributed by atoms with Gasteiger partial charge >= 0.3 is 0 Å². The summed E-state index contributed by atoms with van der Waals surface area (Å²) in [4.78, 5) is 12.6. The fraction of sp³-hybridized carbons (Fsp3) is 0.316. The first-order chi connectivity index (χ1) is 13.3. The normalized spacial score (nSPS) is 17.9. The first-order valence-corrected chi connectivity index (χ1v) is 10.2. The van der Waals surface area contributed by atoms with Crippen molar-refractivity contribution in [1.29, 1.82) is 0 Å². The molecule has 6 nitrogen and oxygen atoms in total. The van der Waals surface area contributed by atoms with Gasteiger partial charge in [0.25, 0.3) is 0 Å². The molecule has 1 N–H and O–H groups in total. The number of anilines is 1. The summed E-state index contributed by atoms with van der Waals surface area (Å²) in [6.45, 7) is 0.211. The molecule has 0 spiro atoms. The second kappa shape index (κ2) is 8.24. The molecule has 150 valence electrons. The summed E-state index contributed by atoms with van der Waals surface area (Å²) >= 11 is 0. The van der Waals surface area contributed by atoms with Crippen molar-refractivity contribution in [3.63, 3.8) is 0 Å². The number of benzene rings is 2. The van der Waals surface area contributed by atoms with Crippen LogP contribution < -0.4 is 10.1 Å². The zero-order valence-electron chi connectivity index (χ0n) is 15.2. The summed E-state index contributed by atoms with van der Waals surface area (Å²) in [7, 11) is -2.31. The van der Waals surface area contributed by atoms with E-state index >= 15 is 0 Å². The van der Waals surface area contributed by atoms with Crippen LogP contribution in [0.5, 0.6) is 5.75 Å². The fourth-order valence-electron chi connectivity index (χ4n) is 3.11. The van der Waals surface area contributed by atoms with E-state index in [0.717, 1.165) is 12.1 Å². The lowest BCUT2D eigenvalue weighted by atomic mass is 9.98. The topological polar surface area (TPSA) is 75.7 Å². The zero-order valence-corrected chi connectivity index (χ0v) is 16.0. The average Bonchev–Trinajstić information content (AvgIpc) is 2.71. The van der Waals surface area contributed by atoms with Gasteiger partial charge in [-0.1, -0.05) is 6.07 Å². The van der Waals surface area contributed by atoms with Gasteiger partial charge in [0.2, 0.25) is 15.9 Å². The number of rotatable bonds is 5. The summed E-state index contributed by atoms with van der Waals surface area (Å²) in [5, 5.41) is 2.25. The molecule has 1 aliphatic heterocycles. The van der Waals surface area contributed by atoms with E-state index < -0.39 is 39.2 Å². The van der Waals surface area contributed by atoms with Gasteiger partial charge in [-0.2, -0.15) is 4.31 Å². The van der Waals surface area contributed by atoms with Gasteiger partial charge in [-0.3, -0.25) is 4.79 Å². The third kappa shape index (κ3) is 4.15. The highest BCUT2D eigenvalue weighted by molar-refractivity contribution is 7.89. The van der Waals surface area contributed by atoms with Crippen LogP contribution in [0.3, 0.4) is 0 Å². The molecule has 1 saturated heterocycles. The molecular formula is C19H20F2N2O4S. The predicted octanol–water partition coefficient (Wildman–Crippen LogP) is 3.01. The predicted molar refractivity (Wildman–Crippen MR) is 99.5 cm³/mol. The van der Waals surface area contributed by atoms with Crippen molar-refractivity contribution < 1.29 is 26.7 Å². The van der Waals surface area contributed by atoms with Gasteiger partial charge in [0.15, 0.2) is 0 Å². The lowest BCUT2D eigenvalue weighted by molar-refractivity contribution is -0.120. The number of hydrogen-bond acceptors (Lipinski definition) is 4. The van der Waals surface area contributed by atoms with Gasteiger partial charge in [0.05, 0.1) is 17.9 Å². The van der Waals surface area contributed by atoms with Crippen molar-refractivity contribution in [2.45, 2.75) is 17.7 Å². The molecule has 9 heteroatoms. The zero-order chi connectivity index (χ0) is 20.3. The molecule has 1 heterocycles. The molecule has 0 aromatic heterocycles. The SMILES string of the molecule is COc1ccc(S(=O)(=O)N2CCC[C@@H](C(=O)Nc3c(F)cccc3F)C2)cc1. The molecule has 2 aromatic rings. The second-order valence-corrected chi connectivity index (χ2v) is 8.40. The van der Waals surface area contributed by atoms with Crippen LogP contribution in [0.1, 0.15) is 12.8 Å². The number of carbonyl (C=O) groups is 1. The quantitative estimate of drug-likeness (QED) is 0.822. The van der Waals surface area contributed by atoms with Crippen molar-refractivity contribution >= 4 is 21.6 Å². The monoisotopic (exact) mass is 410 g/mol. The largest absolute Gasteiger partial charge is 0.497 e. The molecule has 0 aliphatic carbocycles. The maximum Gasteiger partial charge on any atom is 0.243 e. The molecule has 1 fully saturated rings. The number of nitrogens with zero attached hydrogens (tertiary/aromatic N) is 1. The minimum absolute atomic E-state index is 0.0593. The third-order valence-corrected chi connectivity index (χ3v) is 6.54. The second-order valence-electron chi connectivity index (χ2n) is 6.46. The number of para-hydroxylation sites is 1.